The fourth-order valence-corrected chi connectivity index (χ4v) is 2.49. The van der Waals surface area contributed by atoms with Crippen molar-refractivity contribution in [3.8, 4) is 0 Å². The highest BCUT2D eigenvalue weighted by atomic mass is 16.4. The Balaban J connectivity index is 2.30. The first-order valence-corrected chi connectivity index (χ1v) is 6.86. The first-order chi connectivity index (χ1) is 9.21. The van der Waals surface area contributed by atoms with Crippen LogP contribution in [0, 0.1) is 6.92 Å². The predicted molar refractivity (Wildman–Crippen MR) is 73.8 cm³/mol. The lowest BCUT2D eigenvalue weighted by molar-refractivity contribution is -0.141. The van der Waals surface area contributed by atoms with E-state index in [1.807, 2.05) is 20.8 Å². The van der Waals surface area contributed by atoms with Gasteiger partial charge in [-0.2, -0.15) is 0 Å². The van der Waals surface area contributed by atoms with Gasteiger partial charge in [0.1, 0.15) is 17.6 Å². The van der Waals surface area contributed by atoms with Crippen molar-refractivity contribution in [3.05, 3.63) is 23.2 Å². The fraction of sp³-hybridized carbons (Fsp3) is 0.600. The Hall–Kier alpha value is -1.78. The molecule has 1 atom stereocenters. The molecule has 2 rings (SSSR count). The third kappa shape index (κ3) is 2.57. The summed E-state index contributed by atoms with van der Waals surface area (Å²) >= 11 is 0. The summed E-state index contributed by atoms with van der Waals surface area (Å²) in [6, 6.07) is 1.03. The quantitative estimate of drug-likeness (QED) is 0.903. The standard InChI is InChI=1S/C15H21NO4/c1-9-10(8-12(20-9)15(2,3)4)13(17)16-7-5-6-11(16)14(18)19/h8,11H,5-7H2,1-4H3,(H,18,19)/t11-/m0/s1. The summed E-state index contributed by atoms with van der Waals surface area (Å²) in [5.74, 6) is 0.111. The van der Waals surface area contributed by atoms with Gasteiger partial charge in [-0.25, -0.2) is 4.79 Å². The Kier molecular flexibility index (Phi) is 3.63. The molecule has 1 aliphatic rings. The van der Waals surface area contributed by atoms with E-state index in [2.05, 4.69) is 0 Å². The summed E-state index contributed by atoms with van der Waals surface area (Å²) < 4.78 is 5.66. The van der Waals surface area contributed by atoms with Gasteiger partial charge in [-0.1, -0.05) is 20.8 Å². The van der Waals surface area contributed by atoms with Crippen LogP contribution in [0.4, 0.5) is 0 Å². The molecule has 0 bridgehead atoms. The fourth-order valence-electron chi connectivity index (χ4n) is 2.49. The zero-order chi connectivity index (χ0) is 15.1. The van der Waals surface area contributed by atoms with E-state index in [1.54, 1.807) is 13.0 Å². The molecular formula is C15H21NO4. The number of aryl methyl sites for hydroxylation is 1. The van der Waals surface area contributed by atoms with E-state index >= 15 is 0 Å². The third-order valence-electron chi connectivity index (χ3n) is 3.69. The molecule has 2 heterocycles. The Bertz CT molecular complexity index is 539. The third-order valence-corrected chi connectivity index (χ3v) is 3.69. The summed E-state index contributed by atoms with van der Waals surface area (Å²) in [7, 11) is 0. The smallest absolute Gasteiger partial charge is 0.326 e. The minimum absolute atomic E-state index is 0.180. The summed E-state index contributed by atoms with van der Waals surface area (Å²) in [6.45, 7) is 8.26. The molecule has 0 aromatic carbocycles. The van der Waals surface area contributed by atoms with Crippen molar-refractivity contribution < 1.29 is 19.1 Å². The van der Waals surface area contributed by atoms with Crippen molar-refractivity contribution in [3.63, 3.8) is 0 Å². The lowest BCUT2D eigenvalue weighted by Crippen LogP contribution is -2.40. The number of likely N-dealkylation sites (tertiary alicyclic amines) is 1. The number of carbonyl (C=O) groups excluding carboxylic acids is 1. The molecule has 110 valence electrons. The van der Waals surface area contributed by atoms with E-state index in [4.69, 9.17) is 9.52 Å². The minimum Gasteiger partial charge on any atom is -0.480 e. The minimum atomic E-state index is -0.937. The maximum atomic E-state index is 12.5. The van der Waals surface area contributed by atoms with Crippen molar-refractivity contribution in [2.24, 2.45) is 0 Å². The molecule has 1 amide bonds. The van der Waals surface area contributed by atoms with E-state index in [9.17, 15) is 9.59 Å². The summed E-state index contributed by atoms with van der Waals surface area (Å²) in [4.78, 5) is 25.1. The number of carbonyl (C=O) groups is 2. The van der Waals surface area contributed by atoms with Crippen LogP contribution in [0.15, 0.2) is 10.5 Å². The number of carboxylic acid groups (broad SMARTS) is 1. The number of rotatable bonds is 2. The molecule has 1 aromatic rings. The number of nitrogens with zero attached hydrogens (tertiary/aromatic N) is 1. The monoisotopic (exact) mass is 279 g/mol. The van der Waals surface area contributed by atoms with Gasteiger partial charge in [0.15, 0.2) is 0 Å². The maximum Gasteiger partial charge on any atom is 0.326 e. The molecule has 1 N–H and O–H groups in total. The molecule has 0 spiro atoms. The van der Waals surface area contributed by atoms with Gasteiger partial charge in [0.25, 0.3) is 5.91 Å². The SMILES string of the molecule is Cc1oc(C(C)(C)C)cc1C(=O)N1CCC[C@H]1C(=O)O. The molecule has 0 aliphatic carbocycles. The molecule has 0 radical (unpaired) electrons. The maximum absolute atomic E-state index is 12.5. The van der Waals surface area contributed by atoms with Gasteiger partial charge in [-0.3, -0.25) is 4.79 Å². The number of hydrogen-bond donors (Lipinski definition) is 1. The second-order valence-electron chi connectivity index (χ2n) is 6.33. The number of amides is 1. The summed E-state index contributed by atoms with van der Waals surface area (Å²) in [5.41, 5.74) is 0.295. The zero-order valence-corrected chi connectivity index (χ0v) is 12.4. The van der Waals surface area contributed by atoms with Crippen molar-refractivity contribution in [2.75, 3.05) is 6.54 Å². The van der Waals surface area contributed by atoms with E-state index in [1.165, 1.54) is 4.90 Å². The first-order valence-electron chi connectivity index (χ1n) is 6.86. The van der Waals surface area contributed by atoms with Crippen LogP contribution in [0.5, 0.6) is 0 Å². The Morgan fingerprint density at radius 1 is 1.40 bits per heavy atom. The van der Waals surface area contributed by atoms with Crippen LogP contribution in [0.3, 0.4) is 0 Å². The molecule has 1 fully saturated rings. The van der Waals surface area contributed by atoms with E-state index < -0.39 is 12.0 Å². The molecular weight excluding hydrogens is 258 g/mol. The number of aliphatic carboxylic acids is 1. The molecule has 1 aliphatic heterocycles. The lowest BCUT2D eigenvalue weighted by atomic mass is 9.93. The van der Waals surface area contributed by atoms with Gasteiger partial charge < -0.3 is 14.4 Å². The second-order valence-corrected chi connectivity index (χ2v) is 6.33. The zero-order valence-electron chi connectivity index (χ0n) is 12.4. The van der Waals surface area contributed by atoms with Crippen LogP contribution in [-0.2, 0) is 10.2 Å². The van der Waals surface area contributed by atoms with E-state index in [0.717, 1.165) is 12.2 Å². The number of hydrogen-bond acceptors (Lipinski definition) is 3. The van der Waals surface area contributed by atoms with Gasteiger partial charge in [0.05, 0.1) is 5.56 Å². The molecule has 5 heteroatoms. The first kappa shape index (κ1) is 14.6. The molecule has 0 saturated carbocycles. The van der Waals surface area contributed by atoms with Crippen molar-refractivity contribution in [1.29, 1.82) is 0 Å². The summed E-state index contributed by atoms with van der Waals surface area (Å²) in [6.07, 6.45) is 1.25. The molecule has 0 unspecified atom stereocenters. The van der Waals surface area contributed by atoms with Crippen LogP contribution >= 0.6 is 0 Å². The lowest BCUT2D eigenvalue weighted by Gasteiger charge is -2.20. The topological polar surface area (TPSA) is 70.8 Å². The normalized spacial score (nSPS) is 19.4. The Morgan fingerprint density at radius 3 is 2.55 bits per heavy atom. The highest BCUT2D eigenvalue weighted by molar-refractivity contribution is 5.97. The van der Waals surface area contributed by atoms with Crippen LogP contribution in [0.2, 0.25) is 0 Å². The summed E-state index contributed by atoms with van der Waals surface area (Å²) in [5, 5.41) is 9.17. The van der Waals surface area contributed by atoms with Crippen molar-refractivity contribution in [1.82, 2.24) is 4.90 Å². The van der Waals surface area contributed by atoms with Gasteiger partial charge in [0, 0.05) is 12.0 Å². The largest absolute Gasteiger partial charge is 0.480 e. The van der Waals surface area contributed by atoms with Gasteiger partial charge in [0.2, 0.25) is 0 Å². The number of carboxylic acids is 1. The predicted octanol–water partition coefficient (Wildman–Crippen LogP) is 2.57. The molecule has 5 nitrogen and oxygen atoms in total. The molecule has 1 aromatic heterocycles. The average molecular weight is 279 g/mol. The highest BCUT2D eigenvalue weighted by Gasteiger charge is 2.36. The average Bonchev–Trinajstić information content (AvgIpc) is 2.92. The van der Waals surface area contributed by atoms with E-state index in [0.29, 0.717) is 24.3 Å². The number of furan rings is 1. The highest BCUT2D eigenvalue weighted by Crippen LogP contribution is 2.29. The van der Waals surface area contributed by atoms with Crippen molar-refractivity contribution in [2.45, 2.75) is 52.0 Å². The Morgan fingerprint density at radius 2 is 2.05 bits per heavy atom. The van der Waals surface area contributed by atoms with Crippen LogP contribution in [-0.4, -0.2) is 34.5 Å². The van der Waals surface area contributed by atoms with Crippen LogP contribution in [0.1, 0.15) is 55.5 Å². The Labute approximate surface area is 118 Å². The molecule has 1 saturated heterocycles. The molecule has 20 heavy (non-hydrogen) atoms. The van der Waals surface area contributed by atoms with Gasteiger partial charge in [-0.15, -0.1) is 0 Å². The van der Waals surface area contributed by atoms with Crippen LogP contribution < -0.4 is 0 Å². The second kappa shape index (κ2) is 4.96. The van der Waals surface area contributed by atoms with Gasteiger partial charge >= 0.3 is 5.97 Å². The van der Waals surface area contributed by atoms with Crippen molar-refractivity contribution >= 4 is 11.9 Å². The van der Waals surface area contributed by atoms with E-state index in [-0.39, 0.29) is 11.3 Å². The van der Waals surface area contributed by atoms with Crippen LogP contribution in [0.25, 0.3) is 0 Å². The van der Waals surface area contributed by atoms with Gasteiger partial charge in [-0.05, 0) is 25.8 Å².